The monoisotopic (exact) mass is 494 g/mol. The third-order valence-corrected chi connectivity index (χ3v) is 7.08. The van der Waals surface area contributed by atoms with Gasteiger partial charge < -0.3 is 15.3 Å². The summed E-state index contributed by atoms with van der Waals surface area (Å²) in [6, 6.07) is 14.7. The highest BCUT2D eigenvalue weighted by molar-refractivity contribution is 5.66. The zero-order valence-corrected chi connectivity index (χ0v) is 20.8. The van der Waals surface area contributed by atoms with E-state index in [-0.39, 0.29) is 6.61 Å². The molecule has 1 aliphatic heterocycles. The molecule has 188 valence electrons. The van der Waals surface area contributed by atoms with Crippen molar-refractivity contribution in [2.24, 2.45) is 13.0 Å². The summed E-state index contributed by atoms with van der Waals surface area (Å²) in [7, 11) is 1.92. The van der Waals surface area contributed by atoms with Crippen molar-refractivity contribution in [2.45, 2.75) is 19.4 Å². The highest BCUT2D eigenvalue weighted by Crippen LogP contribution is 2.28. The number of anilines is 2. The topological polar surface area (TPSA) is 96.4 Å². The van der Waals surface area contributed by atoms with Crippen LogP contribution in [0.4, 0.5) is 11.5 Å². The predicted molar refractivity (Wildman–Crippen MR) is 144 cm³/mol. The average Bonchev–Trinajstić information content (AvgIpc) is 3.68. The lowest BCUT2D eigenvalue weighted by Gasteiger charge is -2.18. The minimum atomic E-state index is 0.259. The molecule has 0 saturated carbocycles. The number of imidazole rings is 1. The lowest BCUT2D eigenvalue weighted by Crippen LogP contribution is -2.20. The van der Waals surface area contributed by atoms with Crippen LogP contribution in [-0.4, -0.2) is 53.9 Å². The fourth-order valence-electron chi connectivity index (χ4n) is 5.01. The largest absolute Gasteiger partial charge is 0.396 e. The van der Waals surface area contributed by atoms with Gasteiger partial charge in [0, 0.05) is 69.1 Å². The van der Waals surface area contributed by atoms with Crippen molar-refractivity contribution in [3.8, 4) is 22.5 Å². The number of aliphatic hydroxyl groups excluding tert-OH is 1. The first-order chi connectivity index (χ1) is 18.2. The molecule has 37 heavy (non-hydrogen) atoms. The number of aryl methyl sites for hydroxylation is 1. The molecule has 4 aromatic heterocycles. The van der Waals surface area contributed by atoms with E-state index in [1.807, 2.05) is 36.4 Å². The summed E-state index contributed by atoms with van der Waals surface area (Å²) in [5, 5.41) is 16.9. The Morgan fingerprint density at radius 3 is 2.73 bits per heavy atom. The van der Waals surface area contributed by atoms with Gasteiger partial charge in [0.2, 0.25) is 0 Å². The summed E-state index contributed by atoms with van der Waals surface area (Å²) in [5.41, 5.74) is 7.21. The standard InChI is InChI=1S/C28H30N8O/c1-34-18-23(15-33-34)22-4-2-20(3-5-22)14-29-27-13-25(31-19-32-27)26-16-30-28-12-24(7-10-36(26)28)35-9-6-21(17-35)8-11-37/h2-5,7,10,12-13,15-16,18-19,21,37H,6,8-9,11,14,17H2,1H3,(H,29,31,32). The van der Waals surface area contributed by atoms with Crippen molar-refractivity contribution in [3.63, 3.8) is 0 Å². The predicted octanol–water partition coefficient (Wildman–Crippen LogP) is 4.01. The molecule has 0 spiro atoms. The van der Waals surface area contributed by atoms with Crippen LogP contribution in [0.1, 0.15) is 18.4 Å². The Labute approximate surface area is 215 Å². The highest BCUT2D eigenvalue weighted by atomic mass is 16.3. The highest BCUT2D eigenvalue weighted by Gasteiger charge is 2.22. The smallest absolute Gasteiger partial charge is 0.139 e. The molecule has 6 rings (SSSR count). The number of hydrogen-bond acceptors (Lipinski definition) is 7. The van der Waals surface area contributed by atoms with E-state index < -0.39 is 0 Å². The number of nitrogens with one attached hydrogen (secondary N) is 1. The first-order valence-corrected chi connectivity index (χ1v) is 12.6. The van der Waals surface area contributed by atoms with Crippen LogP contribution < -0.4 is 10.2 Å². The van der Waals surface area contributed by atoms with Crippen molar-refractivity contribution < 1.29 is 5.11 Å². The van der Waals surface area contributed by atoms with E-state index in [4.69, 9.17) is 0 Å². The SMILES string of the molecule is Cn1cc(-c2ccc(CNc3cc(-c4cnc5cc(N6CCC(CCO)C6)ccn45)ncn3)cc2)cn1. The lowest BCUT2D eigenvalue weighted by atomic mass is 10.1. The van der Waals surface area contributed by atoms with Gasteiger partial charge in [-0.15, -0.1) is 0 Å². The van der Waals surface area contributed by atoms with E-state index in [0.717, 1.165) is 59.9 Å². The van der Waals surface area contributed by atoms with E-state index in [1.54, 1.807) is 6.33 Å². The minimum absolute atomic E-state index is 0.259. The Balaban J connectivity index is 1.15. The molecule has 0 radical (unpaired) electrons. The second-order valence-corrected chi connectivity index (χ2v) is 9.61. The molecule has 0 bridgehead atoms. The maximum absolute atomic E-state index is 9.25. The number of aromatic nitrogens is 6. The molecule has 1 fully saturated rings. The minimum Gasteiger partial charge on any atom is -0.396 e. The maximum Gasteiger partial charge on any atom is 0.139 e. The second kappa shape index (κ2) is 10.0. The number of benzene rings is 1. The van der Waals surface area contributed by atoms with Gasteiger partial charge in [0.05, 0.1) is 23.8 Å². The number of hydrogen-bond donors (Lipinski definition) is 2. The van der Waals surface area contributed by atoms with Crippen molar-refractivity contribution in [3.05, 3.63) is 79.1 Å². The molecule has 1 aliphatic rings. The van der Waals surface area contributed by atoms with Crippen molar-refractivity contribution in [2.75, 3.05) is 29.9 Å². The molecular weight excluding hydrogens is 464 g/mol. The fourth-order valence-corrected chi connectivity index (χ4v) is 5.01. The van der Waals surface area contributed by atoms with Crippen molar-refractivity contribution in [1.29, 1.82) is 0 Å². The first kappa shape index (κ1) is 23.2. The maximum atomic E-state index is 9.25. The second-order valence-electron chi connectivity index (χ2n) is 9.61. The quantitative estimate of drug-likeness (QED) is 0.336. The van der Waals surface area contributed by atoms with Crippen LogP contribution in [0.3, 0.4) is 0 Å². The van der Waals surface area contributed by atoms with Crippen LogP contribution in [0.25, 0.3) is 28.2 Å². The first-order valence-electron chi connectivity index (χ1n) is 12.6. The molecule has 1 atom stereocenters. The average molecular weight is 495 g/mol. The number of rotatable bonds is 8. The molecule has 5 heterocycles. The van der Waals surface area contributed by atoms with E-state index in [2.05, 4.69) is 77.3 Å². The summed E-state index contributed by atoms with van der Waals surface area (Å²) >= 11 is 0. The van der Waals surface area contributed by atoms with Gasteiger partial charge in [-0.3, -0.25) is 9.08 Å². The Kier molecular flexibility index (Phi) is 6.28. The van der Waals surface area contributed by atoms with E-state index >= 15 is 0 Å². The van der Waals surface area contributed by atoms with Crippen LogP contribution in [-0.2, 0) is 13.6 Å². The lowest BCUT2D eigenvalue weighted by molar-refractivity contribution is 0.263. The van der Waals surface area contributed by atoms with Gasteiger partial charge in [-0.1, -0.05) is 24.3 Å². The molecule has 9 heteroatoms. The van der Waals surface area contributed by atoms with Gasteiger partial charge in [0.25, 0.3) is 0 Å². The summed E-state index contributed by atoms with van der Waals surface area (Å²) < 4.78 is 3.87. The molecular formula is C28H30N8O. The number of aliphatic hydroxyl groups is 1. The third-order valence-electron chi connectivity index (χ3n) is 7.08. The van der Waals surface area contributed by atoms with Crippen LogP contribution in [0.2, 0.25) is 0 Å². The normalized spacial score (nSPS) is 15.5. The van der Waals surface area contributed by atoms with Gasteiger partial charge in [-0.2, -0.15) is 5.10 Å². The molecule has 0 aliphatic carbocycles. The zero-order chi connectivity index (χ0) is 25.2. The van der Waals surface area contributed by atoms with Crippen LogP contribution in [0, 0.1) is 5.92 Å². The number of pyridine rings is 1. The van der Waals surface area contributed by atoms with Gasteiger partial charge in [-0.05, 0) is 36.0 Å². The molecule has 0 amide bonds. The number of nitrogens with zero attached hydrogens (tertiary/aromatic N) is 7. The molecule has 1 saturated heterocycles. The number of fused-ring (bicyclic) bond motifs is 1. The van der Waals surface area contributed by atoms with E-state index in [9.17, 15) is 5.11 Å². The molecule has 2 N–H and O–H groups in total. The fraction of sp³-hybridized carbons (Fsp3) is 0.286. The van der Waals surface area contributed by atoms with E-state index in [0.29, 0.717) is 12.5 Å². The Morgan fingerprint density at radius 1 is 1.03 bits per heavy atom. The zero-order valence-electron chi connectivity index (χ0n) is 20.8. The molecule has 1 aromatic carbocycles. The van der Waals surface area contributed by atoms with Crippen molar-refractivity contribution >= 4 is 17.2 Å². The van der Waals surface area contributed by atoms with Gasteiger partial charge in [0.15, 0.2) is 0 Å². The molecule has 9 nitrogen and oxygen atoms in total. The van der Waals surface area contributed by atoms with Gasteiger partial charge in [0.1, 0.15) is 17.8 Å². The van der Waals surface area contributed by atoms with Crippen LogP contribution in [0.5, 0.6) is 0 Å². The van der Waals surface area contributed by atoms with Gasteiger partial charge >= 0.3 is 0 Å². The van der Waals surface area contributed by atoms with Crippen LogP contribution >= 0.6 is 0 Å². The van der Waals surface area contributed by atoms with E-state index in [1.165, 1.54) is 11.3 Å². The third kappa shape index (κ3) is 4.90. The molecule has 5 aromatic rings. The van der Waals surface area contributed by atoms with Crippen molar-refractivity contribution in [1.82, 2.24) is 29.1 Å². The Morgan fingerprint density at radius 2 is 1.92 bits per heavy atom. The summed E-state index contributed by atoms with van der Waals surface area (Å²) in [5.74, 6) is 1.32. The Hall–Kier alpha value is -4.24. The summed E-state index contributed by atoms with van der Waals surface area (Å²) in [6.45, 7) is 2.92. The Bertz CT molecular complexity index is 1510. The van der Waals surface area contributed by atoms with Crippen LogP contribution in [0.15, 0.2) is 73.6 Å². The molecule has 1 unspecified atom stereocenters. The summed E-state index contributed by atoms with van der Waals surface area (Å²) in [4.78, 5) is 16.0. The summed E-state index contributed by atoms with van der Waals surface area (Å²) in [6.07, 6.45) is 11.4. The van der Waals surface area contributed by atoms with Gasteiger partial charge in [-0.25, -0.2) is 15.0 Å².